The molecule has 0 unspecified atom stereocenters. The number of hydrogen-bond acceptors (Lipinski definition) is 5. The molecule has 0 rings (SSSR count). The lowest BCUT2D eigenvalue weighted by Gasteiger charge is -2.16. The zero-order valence-electron chi connectivity index (χ0n) is 15.4. The molecule has 24 heavy (non-hydrogen) atoms. The minimum atomic E-state index is -0.602. The van der Waals surface area contributed by atoms with Gasteiger partial charge in [0.2, 0.25) is 0 Å². The van der Waals surface area contributed by atoms with Gasteiger partial charge in [0.15, 0.2) is 0 Å². The molecule has 0 bridgehead atoms. The van der Waals surface area contributed by atoms with Crippen molar-refractivity contribution in [2.24, 2.45) is 5.73 Å². The number of rotatable bonds is 9. The standard InChI is InChI=1S/C16H26N2.C3H6O3/c1-5-10-15(6-2)16(7-3)11-9-13-18(8-4)14-12-17;1-6-3(5)2-4/h5-7,9-11,13H,3,8,12,14,17H2,1-2,4H3;4H,2H2,1H3/b10-5-,13-9+,15-6+,16-11+;. The molecule has 0 saturated heterocycles. The largest absolute Gasteiger partial charge is 0.467 e. The Morgan fingerprint density at radius 2 is 2.00 bits per heavy atom. The third-order valence-electron chi connectivity index (χ3n) is 2.96. The van der Waals surface area contributed by atoms with E-state index in [-0.39, 0.29) is 0 Å². The van der Waals surface area contributed by atoms with Gasteiger partial charge in [-0.1, -0.05) is 37.0 Å². The molecular weight excluding hydrogens is 304 g/mol. The quantitative estimate of drug-likeness (QED) is 0.500. The molecule has 0 amide bonds. The zero-order valence-corrected chi connectivity index (χ0v) is 15.4. The predicted octanol–water partition coefficient (Wildman–Crippen LogP) is 2.57. The lowest BCUT2D eigenvalue weighted by molar-refractivity contribution is -0.143. The van der Waals surface area contributed by atoms with Gasteiger partial charge in [-0.25, -0.2) is 4.79 Å². The molecule has 0 radical (unpaired) electrons. The number of aliphatic hydroxyl groups is 1. The maximum atomic E-state index is 9.71. The summed E-state index contributed by atoms with van der Waals surface area (Å²) in [5, 5.41) is 7.86. The number of methoxy groups -OCH3 is 1. The van der Waals surface area contributed by atoms with Gasteiger partial charge >= 0.3 is 5.97 Å². The Kier molecular flexibility index (Phi) is 17.4. The molecule has 136 valence electrons. The van der Waals surface area contributed by atoms with E-state index in [0.29, 0.717) is 6.54 Å². The third kappa shape index (κ3) is 12.4. The van der Waals surface area contributed by atoms with Gasteiger partial charge in [-0.05, 0) is 44.2 Å². The van der Waals surface area contributed by atoms with Crippen molar-refractivity contribution >= 4 is 5.97 Å². The summed E-state index contributed by atoms with van der Waals surface area (Å²) in [5.41, 5.74) is 7.85. The van der Waals surface area contributed by atoms with Crippen LogP contribution in [0.4, 0.5) is 0 Å². The lowest BCUT2D eigenvalue weighted by Crippen LogP contribution is -2.24. The van der Waals surface area contributed by atoms with E-state index in [1.165, 1.54) is 12.7 Å². The van der Waals surface area contributed by atoms with Crippen LogP contribution >= 0.6 is 0 Å². The van der Waals surface area contributed by atoms with Crippen LogP contribution in [0, 0.1) is 0 Å². The average molecular weight is 336 g/mol. The molecule has 0 fully saturated rings. The summed E-state index contributed by atoms with van der Waals surface area (Å²) in [6, 6.07) is 0. The van der Waals surface area contributed by atoms with Gasteiger partial charge in [0.05, 0.1) is 7.11 Å². The Hall–Kier alpha value is -2.11. The molecule has 0 atom stereocenters. The van der Waals surface area contributed by atoms with Gasteiger partial charge in [-0.2, -0.15) is 0 Å². The summed E-state index contributed by atoms with van der Waals surface area (Å²) in [7, 11) is 1.22. The van der Waals surface area contributed by atoms with Crippen LogP contribution in [0.1, 0.15) is 20.8 Å². The van der Waals surface area contributed by atoms with E-state index < -0.39 is 12.6 Å². The first kappa shape index (κ1) is 24.1. The smallest absolute Gasteiger partial charge is 0.331 e. The van der Waals surface area contributed by atoms with Crippen LogP contribution in [0.2, 0.25) is 0 Å². The molecule has 0 aliphatic rings. The topological polar surface area (TPSA) is 75.8 Å². The fourth-order valence-corrected chi connectivity index (χ4v) is 1.66. The van der Waals surface area contributed by atoms with Crippen molar-refractivity contribution in [3.63, 3.8) is 0 Å². The highest BCUT2D eigenvalue weighted by Crippen LogP contribution is 2.13. The maximum Gasteiger partial charge on any atom is 0.331 e. The lowest BCUT2D eigenvalue weighted by atomic mass is 10.1. The van der Waals surface area contributed by atoms with Gasteiger partial charge in [0.25, 0.3) is 0 Å². The van der Waals surface area contributed by atoms with E-state index in [0.717, 1.165) is 18.7 Å². The number of hydrogen-bond donors (Lipinski definition) is 2. The van der Waals surface area contributed by atoms with Crippen LogP contribution in [0.3, 0.4) is 0 Å². The average Bonchev–Trinajstić information content (AvgIpc) is 2.62. The number of allylic oxidation sites excluding steroid dienone is 8. The number of esters is 1. The summed E-state index contributed by atoms with van der Waals surface area (Å²) in [6.07, 6.45) is 14.3. The van der Waals surface area contributed by atoms with E-state index in [1.807, 2.05) is 32.1 Å². The fourth-order valence-electron chi connectivity index (χ4n) is 1.66. The third-order valence-corrected chi connectivity index (χ3v) is 2.96. The minimum absolute atomic E-state index is 0.531. The summed E-state index contributed by atoms with van der Waals surface area (Å²) in [5.74, 6) is -0.602. The van der Waals surface area contributed by atoms with Crippen LogP contribution in [-0.4, -0.2) is 49.3 Å². The van der Waals surface area contributed by atoms with Gasteiger partial charge in [0, 0.05) is 19.6 Å². The van der Waals surface area contributed by atoms with Crippen molar-refractivity contribution in [3.05, 3.63) is 60.4 Å². The number of carbonyl (C=O) groups excluding carboxylic acids is 1. The van der Waals surface area contributed by atoms with Crippen LogP contribution in [0.15, 0.2) is 60.4 Å². The van der Waals surface area contributed by atoms with E-state index in [2.05, 4.69) is 47.6 Å². The number of aliphatic hydroxyl groups excluding tert-OH is 1. The highest BCUT2D eigenvalue weighted by molar-refractivity contribution is 5.70. The molecule has 0 aliphatic heterocycles. The van der Waals surface area contributed by atoms with Crippen molar-refractivity contribution in [1.29, 1.82) is 0 Å². The summed E-state index contributed by atoms with van der Waals surface area (Å²) in [6.45, 7) is 12.0. The normalized spacial score (nSPS) is 12.1. The van der Waals surface area contributed by atoms with Crippen molar-refractivity contribution in [2.75, 3.05) is 33.4 Å². The molecule has 0 aromatic rings. The van der Waals surface area contributed by atoms with Gasteiger partial charge in [-0.3, -0.25) is 0 Å². The number of likely N-dealkylation sites (N-methyl/N-ethyl adjacent to an activating group) is 1. The van der Waals surface area contributed by atoms with E-state index in [4.69, 9.17) is 10.8 Å². The molecular formula is C19H32N2O3. The summed E-state index contributed by atoms with van der Waals surface area (Å²) in [4.78, 5) is 11.9. The predicted molar refractivity (Wildman–Crippen MR) is 101 cm³/mol. The molecule has 0 aromatic carbocycles. The Bertz CT molecular complexity index is 457. The first-order valence-electron chi connectivity index (χ1n) is 7.96. The van der Waals surface area contributed by atoms with Crippen LogP contribution < -0.4 is 5.73 Å². The van der Waals surface area contributed by atoms with Crippen molar-refractivity contribution in [1.82, 2.24) is 4.90 Å². The Balaban J connectivity index is 0. The Morgan fingerprint density at radius 3 is 2.33 bits per heavy atom. The fraction of sp³-hybridized carbons (Fsp3) is 0.421. The minimum Gasteiger partial charge on any atom is -0.467 e. The number of ether oxygens (including phenoxy) is 1. The molecule has 0 aliphatic carbocycles. The monoisotopic (exact) mass is 336 g/mol. The van der Waals surface area contributed by atoms with E-state index >= 15 is 0 Å². The molecule has 0 heterocycles. The maximum absolute atomic E-state index is 9.71. The second-order valence-corrected chi connectivity index (χ2v) is 4.56. The highest BCUT2D eigenvalue weighted by atomic mass is 16.5. The van der Waals surface area contributed by atoms with Gasteiger partial charge < -0.3 is 20.5 Å². The van der Waals surface area contributed by atoms with Crippen LogP contribution in [-0.2, 0) is 9.53 Å². The van der Waals surface area contributed by atoms with E-state index in [1.54, 1.807) is 0 Å². The molecule has 0 spiro atoms. The van der Waals surface area contributed by atoms with Gasteiger partial charge in [-0.15, -0.1) is 0 Å². The van der Waals surface area contributed by atoms with Gasteiger partial charge in [0.1, 0.15) is 6.61 Å². The Labute approximate surface area is 146 Å². The second kappa shape index (κ2) is 17.2. The van der Waals surface area contributed by atoms with Crippen LogP contribution in [0.5, 0.6) is 0 Å². The van der Waals surface area contributed by atoms with Crippen molar-refractivity contribution < 1.29 is 14.6 Å². The first-order chi connectivity index (χ1) is 11.5. The number of carbonyl (C=O) groups is 1. The second-order valence-electron chi connectivity index (χ2n) is 4.56. The van der Waals surface area contributed by atoms with E-state index in [9.17, 15) is 4.79 Å². The van der Waals surface area contributed by atoms with Crippen LogP contribution in [0.25, 0.3) is 0 Å². The number of nitrogens with zero attached hydrogens (tertiary/aromatic N) is 1. The van der Waals surface area contributed by atoms with Crippen molar-refractivity contribution in [3.8, 4) is 0 Å². The Morgan fingerprint density at radius 1 is 1.33 bits per heavy atom. The molecule has 0 aromatic heterocycles. The first-order valence-corrected chi connectivity index (χ1v) is 7.96. The molecule has 5 heteroatoms. The molecule has 5 nitrogen and oxygen atoms in total. The highest BCUT2D eigenvalue weighted by Gasteiger charge is 1.95. The molecule has 3 N–H and O–H groups in total. The number of nitrogens with two attached hydrogens (primary N) is 1. The summed E-state index contributed by atoms with van der Waals surface area (Å²) < 4.78 is 4.01. The zero-order chi connectivity index (χ0) is 18.8. The summed E-state index contributed by atoms with van der Waals surface area (Å²) >= 11 is 0. The molecule has 0 saturated carbocycles. The van der Waals surface area contributed by atoms with Crippen molar-refractivity contribution in [2.45, 2.75) is 20.8 Å². The SMILES string of the molecule is C=CC(=C\C=C\N(CC)CCN)/C(/C=C\C)=C/C.COC(=O)CO.